The van der Waals surface area contributed by atoms with E-state index in [-0.39, 0.29) is 12.0 Å². The first kappa shape index (κ1) is 19.8. The zero-order valence-electron chi connectivity index (χ0n) is 14.9. The zero-order chi connectivity index (χ0) is 17.8. The maximum absolute atomic E-state index is 11.7. The molecule has 1 rings (SSSR count). The van der Waals surface area contributed by atoms with Gasteiger partial charge in [-0.1, -0.05) is 44.5 Å². The second kappa shape index (κ2) is 7.54. The average molecular weight is 342 g/mol. The largest absolute Gasteiger partial charge is 0.444 e. The van der Waals surface area contributed by atoms with Gasteiger partial charge in [-0.05, 0) is 49.8 Å². The van der Waals surface area contributed by atoms with Crippen LogP contribution in [0.2, 0.25) is 5.02 Å². The molecule has 1 aromatic rings. The molecule has 2 N–H and O–H groups in total. The number of amides is 1. The Hall–Kier alpha value is -1.26. The summed E-state index contributed by atoms with van der Waals surface area (Å²) in [6.45, 7) is 12.0. The summed E-state index contributed by atoms with van der Waals surface area (Å²) < 4.78 is 5.18. The van der Waals surface area contributed by atoms with Crippen LogP contribution in [-0.2, 0) is 11.3 Å². The molecular formula is C18H28ClNO3. The van der Waals surface area contributed by atoms with E-state index in [0.29, 0.717) is 11.4 Å². The molecule has 0 bridgehead atoms. The van der Waals surface area contributed by atoms with Crippen LogP contribution in [0.3, 0.4) is 0 Å². The lowest BCUT2D eigenvalue weighted by molar-refractivity contribution is 0.0523. The molecule has 1 amide bonds. The first-order valence-electron chi connectivity index (χ1n) is 7.81. The summed E-state index contributed by atoms with van der Waals surface area (Å²) in [4.78, 5) is 11.7. The fraction of sp³-hybridized carbons (Fsp3) is 0.611. The van der Waals surface area contributed by atoms with Gasteiger partial charge in [0.15, 0.2) is 0 Å². The molecule has 130 valence electrons. The molecule has 0 aliphatic heterocycles. The number of aliphatic hydroxyl groups is 1. The van der Waals surface area contributed by atoms with Crippen LogP contribution in [0.1, 0.15) is 65.2 Å². The quantitative estimate of drug-likeness (QED) is 0.824. The molecule has 0 saturated carbocycles. The lowest BCUT2D eigenvalue weighted by Crippen LogP contribution is -2.32. The van der Waals surface area contributed by atoms with Gasteiger partial charge in [0.25, 0.3) is 0 Å². The molecule has 0 radical (unpaired) electrons. The minimum Gasteiger partial charge on any atom is -0.444 e. The van der Waals surface area contributed by atoms with E-state index in [4.69, 9.17) is 16.3 Å². The predicted octanol–water partition coefficient (Wildman–Crippen LogP) is 4.83. The monoisotopic (exact) mass is 341 g/mol. The maximum atomic E-state index is 11.7. The van der Waals surface area contributed by atoms with Crippen molar-refractivity contribution in [3.63, 3.8) is 0 Å². The first-order valence-corrected chi connectivity index (χ1v) is 8.18. The van der Waals surface area contributed by atoms with Crippen molar-refractivity contribution in [2.24, 2.45) is 5.41 Å². The number of hydrogen-bond acceptors (Lipinski definition) is 3. The molecule has 1 unspecified atom stereocenters. The molecule has 0 aliphatic carbocycles. The molecule has 0 aliphatic rings. The van der Waals surface area contributed by atoms with E-state index in [1.807, 2.05) is 32.9 Å². The van der Waals surface area contributed by atoms with Crippen molar-refractivity contribution in [3.8, 4) is 0 Å². The Balaban J connectivity index is 2.68. The number of aliphatic hydroxyl groups excluding tert-OH is 1. The maximum Gasteiger partial charge on any atom is 0.407 e. The molecular weight excluding hydrogens is 314 g/mol. The Morgan fingerprint density at radius 2 is 1.87 bits per heavy atom. The molecule has 0 fully saturated rings. The third-order valence-corrected chi connectivity index (χ3v) is 3.44. The highest BCUT2D eigenvalue weighted by Crippen LogP contribution is 2.31. The van der Waals surface area contributed by atoms with E-state index in [9.17, 15) is 9.90 Å². The summed E-state index contributed by atoms with van der Waals surface area (Å²) in [5.41, 5.74) is 1.06. The third-order valence-electron chi connectivity index (χ3n) is 3.09. The summed E-state index contributed by atoms with van der Waals surface area (Å²) in [5, 5.41) is 13.5. The number of carbonyl (C=O) groups excluding carboxylic acids is 1. The van der Waals surface area contributed by atoms with Crippen molar-refractivity contribution in [3.05, 3.63) is 34.3 Å². The van der Waals surface area contributed by atoms with E-state index in [0.717, 1.165) is 11.1 Å². The number of carbonyl (C=O) groups is 1. The van der Waals surface area contributed by atoms with Crippen LogP contribution in [0.5, 0.6) is 0 Å². The van der Waals surface area contributed by atoms with E-state index >= 15 is 0 Å². The summed E-state index contributed by atoms with van der Waals surface area (Å²) in [6.07, 6.45) is -0.385. The van der Waals surface area contributed by atoms with Crippen molar-refractivity contribution < 1.29 is 14.6 Å². The van der Waals surface area contributed by atoms with Gasteiger partial charge >= 0.3 is 6.09 Å². The van der Waals surface area contributed by atoms with Crippen LogP contribution in [0, 0.1) is 5.41 Å². The van der Waals surface area contributed by atoms with Gasteiger partial charge in [-0.3, -0.25) is 0 Å². The van der Waals surface area contributed by atoms with Crippen molar-refractivity contribution in [1.29, 1.82) is 0 Å². The molecule has 0 heterocycles. The molecule has 5 heteroatoms. The fourth-order valence-electron chi connectivity index (χ4n) is 2.09. The van der Waals surface area contributed by atoms with Crippen LogP contribution in [0.25, 0.3) is 0 Å². The SMILES string of the molecule is CC(C)(C)CC(O)c1ccc(CNC(=O)OC(C)(C)C)c(Cl)c1. The van der Waals surface area contributed by atoms with E-state index in [2.05, 4.69) is 26.1 Å². The smallest absolute Gasteiger partial charge is 0.407 e. The highest BCUT2D eigenvalue weighted by Gasteiger charge is 2.19. The van der Waals surface area contributed by atoms with Gasteiger partial charge in [-0.25, -0.2) is 4.79 Å². The Labute approximate surface area is 144 Å². The van der Waals surface area contributed by atoms with E-state index < -0.39 is 17.8 Å². The Morgan fingerprint density at radius 1 is 1.26 bits per heavy atom. The highest BCUT2D eigenvalue weighted by molar-refractivity contribution is 6.31. The van der Waals surface area contributed by atoms with Crippen molar-refractivity contribution in [1.82, 2.24) is 5.32 Å². The van der Waals surface area contributed by atoms with Gasteiger partial charge in [0.05, 0.1) is 6.10 Å². The lowest BCUT2D eigenvalue weighted by atomic mass is 9.87. The number of rotatable bonds is 4. The molecule has 23 heavy (non-hydrogen) atoms. The second-order valence-corrected chi connectivity index (χ2v) is 8.39. The molecule has 0 aromatic heterocycles. The third kappa shape index (κ3) is 7.71. The molecule has 1 atom stereocenters. The fourth-order valence-corrected chi connectivity index (χ4v) is 2.35. The Kier molecular flexibility index (Phi) is 6.49. The number of alkyl carbamates (subject to hydrolysis) is 1. The van der Waals surface area contributed by atoms with Crippen molar-refractivity contribution >= 4 is 17.7 Å². The van der Waals surface area contributed by atoms with Gasteiger partial charge in [0, 0.05) is 11.6 Å². The van der Waals surface area contributed by atoms with Gasteiger partial charge in [-0.15, -0.1) is 0 Å². The van der Waals surface area contributed by atoms with E-state index in [1.54, 1.807) is 6.07 Å². The summed E-state index contributed by atoms with van der Waals surface area (Å²) in [5.74, 6) is 0. The zero-order valence-corrected chi connectivity index (χ0v) is 15.6. The number of benzene rings is 1. The number of hydrogen-bond donors (Lipinski definition) is 2. The van der Waals surface area contributed by atoms with E-state index in [1.165, 1.54) is 0 Å². The van der Waals surface area contributed by atoms with Crippen molar-refractivity contribution in [2.45, 2.75) is 66.2 Å². The standard InChI is InChI=1S/C18H28ClNO3/c1-17(2,3)10-15(21)12-7-8-13(14(19)9-12)11-20-16(22)23-18(4,5)6/h7-9,15,21H,10-11H2,1-6H3,(H,20,22). The van der Waals surface area contributed by atoms with Gasteiger partial charge in [0.1, 0.15) is 5.60 Å². The molecule has 1 aromatic carbocycles. The van der Waals surface area contributed by atoms with Gasteiger partial charge in [0.2, 0.25) is 0 Å². The van der Waals surface area contributed by atoms with Crippen LogP contribution >= 0.6 is 11.6 Å². The Bertz CT molecular complexity index is 544. The molecule has 4 nitrogen and oxygen atoms in total. The van der Waals surface area contributed by atoms with Crippen LogP contribution in [-0.4, -0.2) is 16.8 Å². The number of nitrogens with one attached hydrogen (secondary N) is 1. The predicted molar refractivity (Wildman–Crippen MR) is 93.6 cm³/mol. The van der Waals surface area contributed by atoms with Crippen LogP contribution in [0.15, 0.2) is 18.2 Å². The molecule has 0 spiro atoms. The van der Waals surface area contributed by atoms with Gasteiger partial charge < -0.3 is 15.2 Å². The Morgan fingerprint density at radius 3 is 2.35 bits per heavy atom. The summed E-state index contributed by atoms with van der Waals surface area (Å²) >= 11 is 6.26. The molecule has 0 saturated heterocycles. The summed E-state index contributed by atoms with van der Waals surface area (Å²) in [6, 6.07) is 5.42. The minimum atomic E-state index is -0.555. The minimum absolute atomic E-state index is 0.0306. The number of ether oxygens (including phenoxy) is 1. The lowest BCUT2D eigenvalue weighted by Gasteiger charge is -2.23. The van der Waals surface area contributed by atoms with Gasteiger partial charge in [-0.2, -0.15) is 0 Å². The number of halogens is 1. The van der Waals surface area contributed by atoms with Crippen LogP contribution in [0.4, 0.5) is 4.79 Å². The first-order chi connectivity index (χ1) is 10.4. The second-order valence-electron chi connectivity index (χ2n) is 7.99. The normalized spacial score (nSPS) is 13.6. The summed E-state index contributed by atoms with van der Waals surface area (Å²) in [7, 11) is 0. The average Bonchev–Trinajstić information content (AvgIpc) is 2.33. The van der Waals surface area contributed by atoms with Crippen molar-refractivity contribution in [2.75, 3.05) is 0 Å². The highest BCUT2D eigenvalue weighted by atomic mass is 35.5. The topological polar surface area (TPSA) is 58.6 Å². The van der Waals surface area contributed by atoms with Crippen LogP contribution < -0.4 is 5.32 Å².